The zero-order chi connectivity index (χ0) is 16.0. The fourth-order valence-corrected chi connectivity index (χ4v) is 2.32. The molecule has 1 atom stereocenters. The van der Waals surface area contributed by atoms with Crippen LogP contribution in [0, 0.1) is 0 Å². The average Bonchev–Trinajstić information content (AvgIpc) is 2.42. The first-order valence-electron chi connectivity index (χ1n) is 6.79. The Morgan fingerprint density at radius 2 is 2.00 bits per heavy atom. The molecule has 1 unspecified atom stereocenters. The van der Waals surface area contributed by atoms with Crippen LogP contribution in [-0.4, -0.2) is 23.6 Å². The number of hydrogen-bond acceptors (Lipinski definition) is 3. The summed E-state index contributed by atoms with van der Waals surface area (Å²) in [5, 5.41) is 5.93. The minimum Gasteiger partial charge on any atom is -0.350 e. The van der Waals surface area contributed by atoms with Crippen molar-refractivity contribution < 1.29 is 9.59 Å². The topological polar surface area (TPSA) is 58.2 Å². The van der Waals surface area contributed by atoms with Gasteiger partial charge in [-0.25, -0.2) is 0 Å². The molecular formula is C15H21ClN2O2S. The van der Waals surface area contributed by atoms with Gasteiger partial charge in [0.2, 0.25) is 11.8 Å². The summed E-state index contributed by atoms with van der Waals surface area (Å²) in [5.41, 5.74) is 2.00. The molecule has 0 bridgehead atoms. The van der Waals surface area contributed by atoms with Crippen molar-refractivity contribution >= 4 is 36.0 Å². The molecule has 1 aromatic rings. The number of rotatable bonds is 6. The number of benzene rings is 1. The maximum absolute atomic E-state index is 12.0. The number of carbonyl (C=O) groups excluding carboxylic acids is 2. The molecule has 1 rings (SSSR count). The van der Waals surface area contributed by atoms with E-state index in [-0.39, 0.29) is 17.6 Å². The third-order valence-corrected chi connectivity index (χ3v) is 3.79. The lowest BCUT2D eigenvalue weighted by molar-refractivity contribution is -0.127. The molecule has 0 spiro atoms. The summed E-state index contributed by atoms with van der Waals surface area (Å²) in [7, 11) is 0. The van der Waals surface area contributed by atoms with E-state index in [4.69, 9.17) is 11.6 Å². The minimum absolute atomic E-state index is 0.242. The highest BCUT2D eigenvalue weighted by atomic mass is 35.5. The molecule has 0 aliphatic heterocycles. The predicted molar refractivity (Wildman–Crippen MR) is 88.8 cm³/mol. The Morgan fingerprint density at radius 1 is 1.33 bits per heavy atom. The van der Waals surface area contributed by atoms with Crippen LogP contribution in [0.2, 0.25) is 5.02 Å². The number of amides is 2. The van der Waals surface area contributed by atoms with E-state index in [0.717, 1.165) is 11.1 Å². The van der Waals surface area contributed by atoms with Crippen molar-refractivity contribution in [1.29, 1.82) is 0 Å². The van der Waals surface area contributed by atoms with Crippen molar-refractivity contribution in [3.63, 3.8) is 0 Å². The van der Waals surface area contributed by atoms with Crippen LogP contribution < -0.4 is 10.6 Å². The standard InChI is InChI=1S/C15H21ClN2O2S/c1-9(2)11-4-5-12(13(16)6-11)7-17-15(20)14(8-21)18-10(3)19/h4-6,9,14,21H,7-8H2,1-3H3,(H,17,20)(H,18,19). The van der Waals surface area contributed by atoms with Gasteiger partial charge in [0.1, 0.15) is 6.04 Å². The van der Waals surface area contributed by atoms with Crippen LogP contribution in [0.1, 0.15) is 37.8 Å². The molecule has 0 saturated carbocycles. The number of carbonyl (C=O) groups is 2. The van der Waals surface area contributed by atoms with Gasteiger partial charge in [0.25, 0.3) is 0 Å². The van der Waals surface area contributed by atoms with E-state index in [1.807, 2.05) is 18.2 Å². The van der Waals surface area contributed by atoms with E-state index in [9.17, 15) is 9.59 Å². The van der Waals surface area contributed by atoms with Crippen molar-refractivity contribution in [2.45, 2.75) is 39.3 Å². The van der Waals surface area contributed by atoms with E-state index in [1.165, 1.54) is 6.92 Å². The van der Waals surface area contributed by atoms with Gasteiger partial charge in [0, 0.05) is 24.2 Å². The Labute approximate surface area is 136 Å². The van der Waals surface area contributed by atoms with Crippen molar-refractivity contribution in [3.8, 4) is 0 Å². The third kappa shape index (κ3) is 5.59. The Hall–Kier alpha value is -1.20. The van der Waals surface area contributed by atoms with Gasteiger partial charge in [-0.15, -0.1) is 0 Å². The zero-order valence-corrected chi connectivity index (χ0v) is 14.1. The molecule has 4 nitrogen and oxygen atoms in total. The first kappa shape index (κ1) is 17.9. The van der Waals surface area contributed by atoms with Gasteiger partial charge in [0.15, 0.2) is 0 Å². The number of halogens is 1. The van der Waals surface area contributed by atoms with Crippen molar-refractivity contribution in [2.24, 2.45) is 0 Å². The van der Waals surface area contributed by atoms with Gasteiger partial charge in [-0.2, -0.15) is 12.6 Å². The van der Waals surface area contributed by atoms with Crippen LogP contribution in [-0.2, 0) is 16.1 Å². The second-order valence-electron chi connectivity index (χ2n) is 5.16. The second kappa shape index (κ2) is 8.29. The molecule has 0 aliphatic carbocycles. The Bertz CT molecular complexity index is 520. The van der Waals surface area contributed by atoms with Gasteiger partial charge < -0.3 is 10.6 Å². The van der Waals surface area contributed by atoms with Crippen LogP contribution in [0.3, 0.4) is 0 Å². The highest BCUT2D eigenvalue weighted by molar-refractivity contribution is 7.80. The van der Waals surface area contributed by atoms with Gasteiger partial charge in [-0.05, 0) is 23.1 Å². The molecule has 1 aromatic carbocycles. The molecule has 2 N–H and O–H groups in total. The fourth-order valence-electron chi connectivity index (χ4n) is 1.81. The van der Waals surface area contributed by atoms with Crippen LogP contribution in [0.15, 0.2) is 18.2 Å². The van der Waals surface area contributed by atoms with Crippen LogP contribution in [0.4, 0.5) is 0 Å². The van der Waals surface area contributed by atoms with Crippen molar-refractivity contribution in [3.05, 3.63) is 34.3 Å². The first-order valence-corrected chi connectivity index (χ1v) is 7.80. The molecule has 6 heteroatoms. The number of nitrogens with one attached hydrogen (secondary N) is 2. The molecule has 0 saturated heterocycles. The first-order chi connectivity index (χ1) is 9.85. The highest BCUT2D eigenvalue weighted by Crippen LogP contribution is 2.22. The van der Waals surface area contributed by atoms with E-state index in [0.29, 0.717) is 17.5 Å². The Morgan fingerprint density at radius 3 is 2.48 bits per heavy atom. The normalized spacial score (nSPS) is 12.1. The summed E-state index contributed by atoms with van der Waals surface area (Å²) in [5.74, 6) is 0.109. The average molecular weight is 329 g/mol. The Kier molecular flexibility index (Phi) is 7.05. The van der Waals surface area contributed by atoms with Gasteiger partial charge in [-0.3, -0.25) is 9.59 Å². The molecule has 0 fully saturated rings. The van der Waals surface area contributed by atoms with E-state index in [1.54, 1.807) is 0 Å². The maximum Gasteiger partial charge on any atom is 0.243 e. The molecule has 2 amide bonds. The van der Waals surface area contributed by atoms with E-state index >= 15 is 0 Å². The van der Waals surface area contributed by atoms with Crippen LogP contribution >= 0.6 is 24.2 Å². The van der Waals surface area contributed by atoms with Crippen LogP contribution in [0.25, 0.3) is 0 Å². The molecular weight excluding hydrogens is 308 g/mol. The molecule has 0 aromatic heterocycles. The summed E-state index contributed by atoms with van der Waals surface area (Å²) < 4.78 is 0. The monoisotopic (exact) mass is 328 g/mol. The third-order valence-electron chi connectivity index (χ3n) is 3.07. The minimum atomic E-state index is -0.639. The lowest BCUT2D eigenvalue weighted by Gasteiger charge is -2.16. The fraction of sp³-hybridized carbons (Fsp3) is 0.467. The molecule has 0 aliphatic rings. The maximum atomic E-state index is 12.0. The predicted octanol–water partition coefficient (Wildman–Crippen LogP) is 2.51. The number of hydrogen-bond donors (Lipinski definition) is 3. The largest absolute Gasteiger partial charge is 0.350 e. The SMILES string of the molecule is CC(=O)NC(CS)C(=O)NCc1ccc(C(C)C)cc1Cl. The summed E-state index contributed by atoms with van der Waals surface area (Å²) in [6, 6.07) is 5.19. The molecule has 0 heterocycles. The van der Waals surface area contributed by atoms with Gasteiger partial charge in [-0.1, -0.05) is 37.6 Å². The molecule has 21 heavy (non-hydrogen) atoms. The summed E-state index contributed by atoms with van der Waals surface area (Å²) in [6.07, 6.45) is 0. The summed E-state index contributed by atoms with van der Waals surface area (Å²) in [6.45, 7) is 5.88. The zero-order valence-electron chi connectivity index (χ0n) is 12.4. The summed E-state index contributed by atoms with van der Waals surface area (Å²) in [4.78, 5) is 23.0. The quantitative estimate of drug-likeness (QED) is 0.703. The van der Waals surface area contributed by atoms with E-state index in [2.05, 4.69) is 37.1 Å². The highest BCUT2D eigenvalue weighted by Gasteiger charge is 2.17. The van der Waals surface area contributed by atoms with Crippen LogP contribution in [0.5, 0.6) is 0 Å². The van der Waals surface area contributed by atoms with E-state index < -0.39 is 6.04 Å². The van der Waals surface area contributed by atoms with Gasteiger partial charge >= 0.3 is 0 Å². The number of thiol groups is 1. The smallest absolute Gasteiger partial charge is 0.243 e. The molecule has 0 radical (unpaired) electrons. The van der Waals surface area contributed by atoms with Gasteiger partial charge in [0.05, 0.1) is 0 Å². The van der Waals surface area contributed by atoms with Crippen molar-refractivity contribution in [1.82, 2.24) is 10.6 Å². The van der Waals surface area contributed by atoms with Crippen molar-refractivity contribution in [2.75, 3.05) is 5.75 Å². The molecule has 116 valence electrons. The Balaban J connectivity index is 2.66. The lowest BCUT2D eigenvalue weighted by Crippen LogP contribution is -2.47. The second-order valence-corrected chi connectivity index (χ2v) is 5.93. The summed E-state index contributed by atoms with van der Waals surface area (Å²) >= 11 is 10.3. The lowest BCUT2D eigenvalue weighted by atomic mass is 10.0.